The fourth-order valence-electron chi connectivity index (χ4n) is 2.49. The average Bonchev–Trinajstić information content (AvgIpc) is 2.92. The van der Waals surface area contributed by atoms with E-state index in [-0.39, 0.29) is 5.54 Å². The Morgan fingerprint density at radius 1 is 1.20 bits per heavy atom. The van der Waals surface area contributed by atoms with Crippen LogP contribution < -0.4 is 5.32 Å². The van der Waals surface area contributed by atoms with Crippen LogP contribution in [0.3, 0.4) is 0 Å². The van der Waals surface area contributed by atoms with Crippen LogP contribution in [0.5, 0.6) is 0 Å². The molecule has 3 nitrogen and oxygen atoms in total. The lowest BCUT2D eigenvalue weighted by molar-refractivity contribution is 0.456. The molecule has 0 radical (unpaired) electrons. The maximum absolute atomic E-state index is 4.91. The van der Waals surface area contributed by atoms with Gasteiger partial charge in [0.1, 0.15) is 0 Å². The smallest absolute Gasteiger partial charge is 0.161 e. The minimum atomic E-state index is 0.121. The van der Waals surface area contributed by atoms with E-state index < -0.39 is 0 Å². The lowest BCUT2D eigenvalue weighted by Crippen LogP contribution is -2.24. The number of fused-ring (bicyclic) bond motifs is 1. The first-order valence-corrected chi connectivity index (χ1v) is 8.08. The van der Waals surface area contributed by atoms with Crippen LogP contribution >= 0.6 is 11.8 Å². The number of pyridine rings is 1. The molecule has 1 N–H and O–H groups in total. The second-order valence-corrected chi connectivity index (χ2v) is 6.10. The van der Waals surface area contributed by atoms with E-state index in [1.165, 1.54) is 0 Å². The van der Waals surface area contributed by atoms with E-state index in [1.54, 1.807) is 0 Å². The number of thioether (sulfide) groups is 1. The van der Waals surface area contributed by atoms with Gasteiger partial charge in [0.05, 0.1) is 11.1 Å². The Balaban J connectivity index is 1.91. The molecule has 0 atom stereocenters. The van der Waals surface area contributed by atoms with Gasteiger partial charge in [-0.15, -0.1) is 0 Å². The van der Waals surface area contributed by atoms with Crippen molar-refractivity contribution in [2.24, 2.45) is 4.99 Å². The van der Waals surface area contributed by atoms with Crippen molar-refractivity contribution in [1.29, 1.82) is 0 Å². The highest BCUT2D eigenvalue weighted by Crippen LogP contribution is 2.34. The molecule has 2 aromatic rings. The summed E-state index contributed by atoms with van der Waals surface area (Å²) >= 11 is 1.82. The molecule has 0 bridgehead atoms. The molecule has 0 amide bonds. The van der Waals surface area contributed by atoms with Crippen LogP contribution in [0, 0.1) is 0 Å². The van der Waals surface area contributed by atoms with Gasteiger partial charge in [-0.1, -0.05) is 31.7 Å². The second-order valence-electron chi connectivity index (χ2n) is 5.14. The fraction of sp³-hybridized carbons (Fsp3) is 0.375. The Labute approximate surface area is 123 Å². The van der Waals surface area contributed by atoms with Crippen molar-refractivity contribution in [3.05, 3.63) is 36.5 Å². The quantitative estimate of drug-likeness (QED) is 0.913. The van der Waals surface area contributed by atoms with Crippen LogP contribution in [0.15, 0.2) is 41.5 Å². The molecule has 0 spiro atoms. The molecule has 0 aliphatic carbocycles. The molecular formula is C16H19N3S. The number of hydrogen-bond acceptors (Lipinski definition) is 4. The van der Waals surface area contributed by atoms with Crippen molar-refractivity contribution >= 4 is 33.5 Å². The Morgan fingerprint density at radius 2 is 2.05 bits per heavy atom. The highest BCUT2D eigenvalue weighted by atomic mass is 32.2. The normalized spacial score (nSPS) is 17.2. The van der Waals surface area contributed by atoms with E-state index >= 15 is 0 Å². The van der Waals surface area contributed by atoms with Crippen LogP contribution in [0.2, 0.25) is 0 Å². The largest absolute Gasteiger partial charge is 0.334 e. The summed E-state index contributed by atoms with van der Waals surface area (Å²) in [6.45, 7) is 4.44. The lowest BCUT2D eigenvalue weighted by atomic mass is 9.97. The number of anilines is 1. The summed E-state index contributed by atoms with van der Waals surface area (Å²) in [5.74, 6) is 1.07. The minimum absolute atomic E-state index is 0.121. The first-order chi connectivity index (χ1) is 9.76. The molecule has 1 aliphatic rings. The minimum Gasteiger partial charge on any atom is -0.334 e. The van der Waals surface area contributed by atoms with Crippen molar-refractivity contribution < 1.29 is 0 Å². The van der Waals surface area contributed by atoms with Gasteiger partial charge in [-0.05, 0) is 37.1 Å². The first-order valence-electron chi connectivity index (χ1n) is 7.10. The van der Waals surface area contributed by atoms with Crippen molar-refractivity contribution in [2.45, 2.75) is 32.2 Å². The maximum atomic E-state index is 4.91. The summed E-state index contributed by atoms with van der Waals surface area (Å²) in [5, 5.41) is 5.66. The van der Waals surface area contributed by atoms with Crippen molar-refractivity contribution in [2.75, 3.05) is 11.1 Å². The third kappa shape index (κ3) is 2.40. The molecule has 0 saturated carbocycles. The summed E-state index contributed by atoms with van der Waals surface area (Å²) in [4.78, 5) is 9.30. The number of rotatable bonds is 3. The predicted octanol–water partition coefficient (Wildman–Crippen LogP) is 4.31. The molecule has 1 aliphatic heterocycles. The fourth-order valence-corrected chi connectivity index (χ4v) is 3.80. The van der Waals surface area contributed by atoms with Crippen LogP contribution in [0.4, 0.5) is 5.69 Å². The molecule has 2 heterocycles. The SMILES string of the molecule is CCC1(CC)CSC(Nc2cccc3ncccc23)=N1. The zero-order valence-corrected chi connectivity index (χ0v) is 12.7. The number of benzene rings is 1. The third-order valence-electron chi connectivity index (χ3n) is 4.02. The van der Waals surface area contributed by atoms with Crippen LogP contribution in [-0.4, -0.2) is 21.4 Å². The lowest BCUT2D eigenvalue weighted by Gasteiger charge is -2.20. The van der Waals surface area contributed by atoms with Crippen molar-refractivity contribution in [3.8, 4) is 0 Å². The van der Waals surface area contributed by atoms with Gasteiger partial charge in [0.25, 0.3) is 0 Å². The molecule has 0 fully saturated rings. The molecular weight excluding hydrogens is 266 g/mol. The van der Waals surface area contributed by atoms with E-state index in [2.05, 4.69) is 36.3 Å². The number of hydrogen-bond donors (Lipinski definition) is 1. The Morgan fingerprint density at radius 3 is 2.80 bits per heavy atom. The molecule has 0 saturated heterocycles. The third-order valence-corrected chi connectivity index (χ3v) is 5.17. The summed E-state index contributed by atoms with van der Waals surface area (Å²) in [6.07, 6.45) is 4.02. The summed E-state index contributed by atoms with van der Waals surface area (Å²) in [7, 11) is 0. The first kappa shape index (κ1) is 13.4. The topological polar surface area (TPSA) is 37.3 Å². The van der Waals surface area contributed by atoms with Crippen molar-refractivity contribution in [3.63, 3.8) is 0 Å². The van der Waals surface area contributed by atoms with Crippen LogP contribution in [0.25, 0.3) is 10.9 Å². The van der Waals surface area contributed by atoms with Gasteiger partial charge in [-0.3, -0.25) is 9.98 Å². The van der Waals surface area contributed by atoms with E-state index in [1.807, 2.05) is 36.2 Å². The van der Waals surface area contributed by atoms with Crippen molar-refractivity contribution in [1.82, 2.24) is 4.98 Å². The van der Waals surface area contributed by atoms with E-state index in [0.717, 1.165) is 40.4 Å². The monoisotopic (exact) mass is 285 g/mol. The number of nitrogens with one attached hydrogen (secondary N) is 1. The Hall–Kier alpha value is -1.55. The number of nitrogens with zero attached hydrogens (tertiary/aromatic N) is 2. The van der Waals surface area contributed by atoms with Gasteiger partial charge in [-0.25, -0.2) is 0 Å². The molecule has 4 heteroatoms. The Bertz CT molecular complexity index is 642. The Kier molecular flexibility index (Phi) is 3.66. The van der Waals surface area contributed by atoms with Gasteiger partial charge in [0.2, 0.25) is 0 Å². The van der Waals surface area contributed by atoms with Crippen LogP contribution in [-0.2, 0) is 0 Å². The zero-order valence-electron chi connectivity index (χ0n) is 11.9. The number of amidine groups is 1. The van der Waals surface area contributed by atoms with E-state index in [0.29, 0.717) is 0 Å². The van der Waals surface area contributed by atoms with Gasteiger partial charge < -0.3 is 5.32 Å². The molecule has 20 heavy (non-hydrogen) atoms. The van der Waals surface area contributed by atoms with Gasteiger partial charge >= 0.3 is 0 Å². The molecule has 104 valence electrons. The summed E-state index contributed by atoms with van der Waals surface area (Å²) in [6, 6.07) is 10.2. The van der Waals surface area contributed by atoms with E-state index in [4.69, 9.17) is 4.99 Å². The average molecular weight is 285 g/mol. The molecule has 1 aromatic heterocycles. The predicted molar refractivity (Wildman–Crippen MR) is 88.6 cm³/mol. The summed E-state index contributed by atoms with van der Waals surface area (Å²) in [5.41, 5.74) is 2.22. The number of aliphatic imine (C=N–C) groups is 1. The zero-order chi connectivity index (χ0) is 14.0. The number of aromatic nitrogens is 1. The second kappa shape index (κ2) is 5.44. The molecule has 1 aromatic carbocycles. The van der Waals surface area contributed by atoms with Gasteiger partial charge in [0.15, 0.2) is 5.17 Å². The van der Waals surface area contributed by atoms with Gasteiger partial charge in [-0.2, -0.15) is 0 Å². The molecule has 0 unspecified atom stereocenters. The highest BCUT2D eigenvalue weighted by Gasteiger charge is 2.32. The van der Waals surface area contributed by atoms with Gasteiger partial charge in [0, 0.05) is 23.0 Å². The summed E-state index contributed by atoms with van der Waals surface area (Å²) < 4.78 is 0. The molecule has 3 rings (SSSR count). The van der Waals surface area contributed by atoms with E-state index in [9.17, 15) is 0 Å². The standard InChI is InChI=1S/C16H19N3S/c1-3-16(4-2)11-20-15(19-16)18-14-9-5-8-13-12(14)7-6-10-17-13/h5-10H,3-4,11H2,1-2H3,(H,18,19). The maximum Gasteiger partial charge on any atom is 0.161 e. The highest BCUT2D eigenvalue weighted by molar-refractivity contribution is 8.14. The van der Waals surface area contributed by atoms with Crippen LogP contribution in [0.1, 0.15) is 26.7 Å².